The van der Waals surface area contributed by atoms with Crippen LogP contribution in [0.25, 0.3) is 5.69 Å². The summed E-state index contributed by atoms with van der Waals surface area (Å²) in [4.78, 5) is 0. The molecule has 0 fully saturated rings. The fourth-order valence-electron chi connectivity index (χ4n) is 1.42. The molecule has 0 aliphatic rings. The number of rotatable bonds is 1. The van der Waals surface area contributed by atoms with E-state index in [0.29, 0.717) is 11.4 Å². The zero-order valence-corrected chi connectivity index (χ0v) is 8.99. The number of benzene rings is 1. The fourth-order valence-corrected chi connectivity index (χ4v) is 1.42. The van der Waals surface area contributed by atoms with Crippen LogP contribution >= 0.6 is 0 Å². The van der Waals surface area contributed by atoms with E-state index in [1.54, 1.807) is 25.1 Å². The standard InChI is InChI=1S/C11H10F3N3/c1-7-6-8(2-3-9(7)15)17-5-4-10(16-17)11(12,13)14/h2-6H,15H2,1H3. The second kappa shape index (κ2) is 3.80. The van der Waals surface area contributed by atoms with Crippen molar-refractivity contribution in [2.45, 2.75) is 13.1 Å². The van der Waals surface area contributed by atoms with Gasteiger partial charge in [-0.1, -0.05) is 0 Å². The maximum absolute atomic E-state index is 12.4. The topological polar surface area (TPSA) is 43.8 Å². The van der Waals surface area contributed by atoms with E-state index in [9.17, 15) is 13.2 Å². The fraction of sp³-hybridized carbons (Fsp3) is 0.182. The molecule has 1 aromatic carbocycles. The van der Waals surface area contributed by atoms with E-state index >= 15 is 0 Å². The van der Waals surface area contributed by atoms with Gasteiger partial charge < -0.3 is 5.73 Å². The molecule has 2 aromatic rings. The average Bonchev–Trinajstić information content (AvgIpc) is 2.70. The summed E-state index contributed by atoms with van der Waals surface area (Å²) < 4.78 is 38.3. The lowest BCUT2D eigenvalue weighted by atomic mass is 10.2. The van der Waals surface area contributed by atoms with Crippen LogP contribution in [0.1, 0.15) is 11.3 Å². The van der Waals surface area contributed by atoms with E-state index in [2.05, 4.69) is 5.10 Å². The van der Waals surface area contributed by atoms with Gasteiger partial charge in [0.1, 0.15) is 0 Å². The van der Waals surface area contributed by atoms with E-state index in [4.69, 9.17) is 5.73 Å². The summed E-state index contributed by atoms with van der Waals surface area (Å²) in [6, 6.07) is 5.88. The summed E-state index contributed by atoms with van der Waals surface area (Å²) in [5.74, 6) is 0. The molecule has 0 radical (unpaired) electrons. The SMILES string of the molecule is Cc1cc(-n2ccc(C(F)(F)F)n2)ccc1N. The molecule has 6 heteroatoms. The normalized spacial score (nSPS) is 11.8. The highest BCUT2D eigenvalue weighted by atomic mass is 19.4. The Morgan fingerprint density at radius 2 is 1.94 bits per heavy atom. The molecule has 0 aliphatic heterocycles. The zero-order valence-electron chi connectivity index (χ0n) is 8.99. The van der Waals surface area contributed by atoms with E-state index in [-0.39, 0.29) is 0 Å². The average molecular weight is 241 g/mol. The second-order valence-corrected chi connectivity index (χ2v) is 3.68. The van der Waals surface area contributed by atoms with Gasteiger partial charge in [-0.25, -0.2) is 4.68 Å². The predicted octanol–water partition coefficient (Wildman–Crippen LogP) is 2.78. The van der Waals surface area contributed by atoms with Crippen LogP contribution in [-0.4, -0.2) is 9.78 Å². The van der Waals surface area contributed by atoms with E-state index in [1.165, 1.54) is 10.9 Å². The van der Waals surface area contributed by atoms with Crippen LogP contribution in [0.5, 0.6) is 0 Å². The van der Waals surface area contributed by atoms with Crippen LogP contribution in [0, 0.1) is 6.92 Å². The number of hydrogen-bond acceptors (Lipinski definition) is 2. The smallest absolute Gasteiger partial charge is 0.399 e. The van der Waals surface area contributed by atoms with Crippen LogP contribution < -0.4 is 5.73 Å². The summed E-state index contributed by atoms with van der Waals surface area (Å²) in [5.41, 5.74) is 6.66. The maximum Gasteiger partial charge on any atom is 0.435 e. The van der Waals surface area contributed by atoms with Gasteiger partial charge in [0, 0.05) is 11.9 Å². The summed E-state index contributed by atoms with van der Waals surface area (Å²) in [7, 11) is 0. The van der Waals surface area contributed by atoms with E-state index in [0.717, 1.165) is 11.6 Å². The van der Waals surface area contributed by atoms with Crippen molar-refractivity contribution >= 4 is 5.69 Å². The lowest BCUT2D eigenvalue weighted by molar-refractivity contribution is -0.141. The Morgan fingerprint density at radius 3 is 2.47 bits per heavy atom. The largest absolute Gasteiger partial charge is 0.435 e. The number of aromatic nitrogens is 2. The van der Waals surface area contributed by atoms with Crippen LogP contribution in [0.2, 0.25) is 0 Å². The Kier molecular flexibility index (Phi) is 2.57. The molecule has 0 unspecified atom stereocenters. The third kappa shape index (κ3) is 2.25. The Labute approximate surface area is 95.7 Å². The lowest BCUT2D eigenvalue weighted by Crippen LogP contribution is -2.07. The van der Waals surface area contributed by atoms with Gasteiger partial charge in [0.05, 0.1) is 5.69 Å². The minimum atomic E-state index is -4.42. The Balaban J connectivity index is 2.40. The molecule has 1 heterocycles. The third-order valence-electron chi connectivity index (χ3n) is 2.40. The predicted molar refractivity (Wildman–Crippen MR) is 57.7 cm³/mol. The number of nitrogens with zero attached hydrogens (tertiary/aromatic N) is 2. The highest BCUT2D eigenvalue weighted by Crippen LogP contribution is 2.28. The molecule has 0 saturated heterocycles. The van der Waals surface area contributed by atoms with Crippen molar-refractivity contribution in [3.05, 3.63) is 41.7 Å². The highest BCUT2D eigenvalue weighted by Gasteiger charge is 2.33. The molecule has 0 atom stereocenters. The number of alkyl halides is 3. The molecule has 3 nitrogen and oxygen atoms in total. The number of nitrogen functional groups attached to an aromatic ring is 1. The van der Waals surface area contributed by atoms with Gasteiger partial charge in [0.2, 0.25) is 0 Å². The maximum atomic E-state index is 12.4. The molecule has 0 saturated carbocycles. The van der Waals surface area contributed by atoms with Crippen LogP contribution in [0.4, 0.5) is 18.9 Å². The first kappa shape index (κ1) is 11.5. The Morgan fingerprint density at radius 1 is 1.24 bits per heavy atom. The summed E-state index contributed by atoms with van der Waals surface area (Å²) >= 11 is 0. The third-order valence-corrected chi connectivity index (χ3v) is 2.40. The van der Waals surface area contributed by atoms with Crippen molar-refractivity contribution in [3.8, 4) is 5.69 Å². The molecule has 2 N–H and O–H groups in total. The number of nitrogens with two attached hydrogens (primary N) is 1. The van der Waals surface area contributed by atoms with Gasteiger partial charge in [-0.15, -0.1) is 0 Å². The molecule has 0 amide bonds. The van der Waals surface area contributed by atoms with Crippen molar-refractivity contribution in [1.29, 1.82) is 0 Å². The monoisotopic (exact) mass is 241 g/mol. The van der Waals surface area contributed by atoms with E-state index in [1.807, 2.05) is 0 Å². The van der Waals surface area contributed by atoms with Crippen molar-refractivity contribution in [2.24, 2.45) is 0 Å². The van der Waals surface area contributed by atoms with Gasteiger partial charge in [0.15, 0.2) is 5.69 Å². The van der Waals surface area contributed by atoms with Crippen LogP contribution in [0.3, 0.4) is 0 Å². The van der Waals surface area contributed by atoms with Gasteiger partial charge in [-0.3, -0.25) is 0 Å². The van der Waals surface area contributed by atoms with Gasteiger partial charge in [0.25, 0.3) is 0 Å². The van der Waals surface area contributed by atoms with E-state index < -0.39 is 11.9 Å². The number of aryl methyl sites for hydroxylation is 1. The molecule has 2 rings (SSSR count). The molecule has 17 heavy (non-hydrogen) atoms. The first-order valence-corrected chi connectivity index (χ1v) is 4.87. The number of hydrogen-bond donors (Lipinski definition) is 1. The minimum Gasteiger partial charge on any atom is -0.399 e. The Hall–Kier alpha value is -1.98. The zero-order chi connectivity index (χ0) is 12.6. The lowest BCUT2D eigenvalue weighted by Gasteiger charge is -2.05. The van der Waals surface area contributed by atoms with Crippen LogP contribution in [-0.2, 0) is 6.18 Å². The quantitative estimate of drug-likeness (QED) is 0.780. The number of anilines is 1. The molecular formula is C11H10F3N3. The summed E-state index contributed by atoms with van der Waals surface area (Å²) in [6.45, 7) is 1.78. The molecule has 0 bridgehead atoms. The van der Waals surface area contributed by atoms with Crippen molar-refractivity contribution in [2.75, 3.05) is 5.73 Å². The summed E-state index contributed by atoms with van der Waals surface area (Å²) in [5, 5.41) is 3.47. The minimum absolute atomic E-state index is 0.548. The highest BCUT2D eigenvalue weighted by molar-refractivity contribution is 5.51. The molecular weight excluding hydrogens is 231 g/mol. The Bertz CT molecular complexity index is 543. The van der Waals surface area contributed by atoms with Gasteiger partial charge in [-0.05, 0) is 36.8 Å². The molecule has 1 aromatic heterocycles. The first-order chi connectivity index (χ1) is 7.88. The molecule has 0 spiro atoms. The first-order valence-electron chi connectivity index (χ1n) is 4.87. The van der Waals surface area contributed by atoms with Gasteiger partial charge >= 0.3 is 6.18 Å². The van der Waals surface area contributed by atoms with Crippen molar-refractivity contribution < 1.29 is 13.2 Å². The second-order valence-electron chi connectivity index (χ2n) is 3.68. The number of halogens is 3. The van der Waals surface area contributed by atoms with Crippen LogP contribution in [0.15, 0.2) is 30.5 Å². The molecule has 90 valence electrons. The van der Waals surface area contributed by atoms with Gasteiger partial charge in [-0.2, -0.15) is 18.3 Å². The van der Waals surface area contributed by atoms with Crippen molar-refractivity contribution in [1.82, 2.24) is 9.78 Å². The van der Waals surface area contributed by atoms with Crippen molar-refractivity contribution in [3.63, 3.8) is 0 Å². The summed E-state index contributed by atoms with van der Waals surface area (Å²) in [6.07, 6.45) is -3.15. The molecule has 0 aliphatic carbocycles.